The Morgan fingerprint density at radius 2 is 1.10 bits per heavy atom. The van der Waals surface area contributed by atoms with E-state index in [-0.39, 0.29) is 0 Å². The molecule has 0 spiro atoms. The zero-order chi connectivity index (χ0) is 14.9. The summed E-state index contributed by atoms with van der Waals surface area (Å²) in [6, 6.07) is 0. The third kappa shape index (κ3) is 15.7. The van der Waals surface area contributed by atoms with Crippen molar-refractivity contribution in [2.24, 2.45) is 0 Å². The minimum Gasteiger partial charge on any atom is -0.299 e. The van der Waals surface area contributed by atoms with Crippen LogP contribution in [-0.4, -0.2) is 5.78 Å². The first-order valence-electron chi connectivity index (χ1n) is 9.17. The van der Waals surface area contributed by atoms with Gasteiger partial charge in [-0.05, 0) is 12.8 Å². The van der Waals surface area contributed by atoms with E-state index in [1.165, 1.54) is 70.6 Å². The van der Waals surface area contributed by atoms with E-state index in [1.54, 1.807) is 0 Å². The van der Waals surface area contributed by atoms with Gasteiger partial charge in [-0.25, -0.2) is 0 Å². The lowest BCUT2D eigenvalue weighted by molar-refractivity contribution is -0.116. The number of rotatable bonds is 16. The van der Waals surface area contributed by atoms with Gasteiger partial charge in [-0.15, -0.1) is 0 Å². The largest absolute Gasteiger partial charge is 0.299 e. The van der Waals surface area contributed by atoms with Gasteiger partial charge in [0.2, 0.25) is 0 Å². The van der Waals surface area contributed by atoms with Gasteiger partial charge in [-0.2, -0.15) is 0 Å². The Bertz CT molecular complexity index is 198. The van der Waals surface area contributed by atoms with Gasteiger partial charge in [0.15, 0.2) is 0 Å². The molecule has 0 amide bonds. The van der Waals surface area contributed by atoms with Crippen molar-refractivity contribution in [1.29, 1.82) is 0 Å². The van der Waals surface area contributed by atoms with Gasteiger partial charge in [0.05, 0.1) is 0 Å². The molecule has 0 heterocycles. The Morgan fingerprint density at radius 3 is 1.60 bits per heavy atom. The maximum absolute atomic E-state index is 11.5. The maximum Gasteiger partial charge on any atom is 0.136 e. The summed E-state index contributed by atoms with van der Waals surface area (Å²) in [5.41, 5.74) is 0. The van der Waals surface area contributed by atoms with Crippen molar-refractivity contribution in [2.45, 2.75) is 110 Å². The Kier molecular flexibility index (Phi) is 16.4. The van der Waals surface area contributed by atoms with Crippen LogP contribution in [0.15, 0.2) is 0 Å². The number of hydrogen-bond donors (Lipinski definition) is 0. The summed E-state index contributed by atoms with van der Waals surface area (Å²) in [6.07, 6.45) is 20.8. The topological polar surface area (TPSA) is 17.1 Å². The van der Waals surface area contributed by atoms with Gasteiger partial charge in [-0.3, -0.25) is 4.79 Å². The smallest absolute Gasteiger partial charge is 0.136 e. The van der Waals surface area contributed by atoms with Crippen molar-refractivity contribution in [2.75, 3.05) is 0 Å². The third-order valence-corrected chi connectivity index (χ3v) is 3.96. The molecular formula is C19H37O. The Hall–Kier alpha value is -0.330. The SMILES string of the molecule is CCCC[CH]C(=O)CCCCCCCCCCCCC. The fraction of sp³-hybridized carbons (Fsp3) is 0.895. The molecule has 0 rings (SSSR count). The van der Waals surface area contributed by atoms with Crippen LogP contribution < -0.4 is 0 Å². The summed E-state index contributed by atoms with van der Waals surface area (Å²) in [5.74, 6) is 0.370. The third-order valence-electron chi connectivity index (χ3n) is 3.96. The molecule has 1 heteroatoms. The molecule has 0 N–H and O–H groups in total. The van der Waals surface area contributed by atoms with Gasteiger partial charge in [0.1, 0.15) is 5.78 Å². The van der Waals surface area contributed by atoms with Crippen LogP contribution in [0.3, 0.4) is 0 Å². The standard InChI is InChI=1S/C19H37O/c1-3-5-7-8-9-10-11-12-13-14-16-18-19(20)17-15-6-4-2/h17H,3-16,18H2,1-2H3. The average molecular weight is 282 g/mol. The van der Waals surface area contributed by atoms with Crippen molar-refractivity contribution in [1.82, 2.24) is 0 Å². The van der Waals surface area contributed by atoms with E-state index in [1.807, 2.05) is 6.42 Å². The van der Waals surface area contributed by atoms with Gasteiger partial charge in [-0.1, -0.05) is 90.9 Å². The van der Waals surface area contributed by atoms with Crippen LogP contribution in [0.2, 0.25) is 0 Å². The second-order valence-corrected chi connectivity index (χ2v) is 6.10. The number of carbonyl (C=O) groups is 1. The number of unbranched alkanes of at least 4 members (excludes halogenated alkanes) is 12. The van der Waals surface area contributed by atoms with Crippen LogP contribution in [0.5, 0.6) is 0 Å². The quantitative estimate of drug-likeness (QED) is 0.289. The molecule has 0 aliphatic rings. The van der Waals surface area contributed by atoms with Crippen LogP contribution in [0.1, 0.15) is 110 Å². The van der Waals surface area contributed by atoms with Crippen LogP contribution in [0.25, 0.3) is 0 Å². The van der Waals surface area contributed by atoms with E-state index in [9.17, 15) is 4.79 Å². The highest BCUT2D eigenvalue weighted by Gasteiger charge is 2.01. The molecule has 1 radical (unpaired) electrons. The summed E-state index contributed by atoms with van der Waals surface area (Å²) < 4.78 is 0. The molecule has 0 aliphatic carbocycles. The molecule has 0 bridgehead atoms. The summed E-state index contributed by atoms with van der Waals surface area (Å²) in [5, 5.41) is 0. The highest BCUT2D eigenvalue weighted by atomic mass is 16.1. The molecule has 0 saturated carbocycles. The summed E-state index contributed by atoms with van der Waals surface area (Å²) in [6.45, 7) is 4.44. The van der Waals surface area contributed by atoms with Crippen molar-refractivity contribution in [3.63, 3.8) is 0 Å². The minimum atomic E-state index is 0.370. The average Bonchev–Trinajstić information content (AvgIpc) is 2.45. The highest BCUT2D eigenvalue weighted by Crippen LogP contribution is 2.12. The number of carbonyl (C=O) groups excluding carboxylic acids is 1. The van der Waals surface area contributed by atoms with Crippen LogP contribution in [-0.2, 0) is 4.79 Å². The van der Waals surface area contributed by atoms with E-state index in [4.69, 9.17) is 0 Å². The molecule has 0 unspecified atom stereocenters. The lowest BCUT2D eigenvalue weighted by Gasteiger charge is -2.03. The molecule has 0 aromatic carbocycles. The zero-order valence-corrected chi connectivity index (χ0v) is 14.1. The number of hydrogen-bond acceptors (Lipinski definition) is 1. The fourth-order valence-corrected chi connectivity index (χ4v) is 2.53. The van der Waals surface area contributed by atoms with Gasteiger partial charge < -0.3 is 0 Å². The highest BCUT2D eigenvalue weighted by molar-refractivity contribution is 5.86. The monoisotopic (exact) mass is 281 g/mol. The molecule has 0 fully saturated rings. The molecule has 0 saturated heterocycles. The molecular weight excluding hydrogens is 244 g/mol. The first-order valence-corrected chi connectivity index (χ1v) is 9.17. The van der Waals surface area contributed by atoms with E-state index in [2.05, 4.69) is 13.8 Å². The van der Waals surface area contributed by atoms with E-state index in [0.717, 1.165) is 25.7 Å². The lowest BCUT2D eigenvalue weighted by atomic mass is 10.0. The van der Waals surface area contributed by atoms with E-state index >= 15 is 0 Å². The molecule has 20 heavy (non-hydrogen) atoms. The van der Waals surface area contributed by atoms with Crippen molar-refractivity contribution in [3.8, 4) is 0 Å². The summed E-state index contributed by atoms with van der Waals surface area (Å²) in [7, 11) is 0. The molecule has 0 atom stereocenters. The first kappa shape index (κ1) is 19.7. The van der Waals surface area contributed by atoms with Crippen LogP contribution in [0.4, 0.5) is 0 Å². The Labute approximate surface area is 127 Å². The molecule has 1 nitrogen and oxygen atoms in total. The van der Waals surface area contributed by atoms with Crippen LogP contribution in [0, 0.1) is 6.42 Å². The second kappa shape index (κ2) is 16.7. The second-order valence-electron chi connectivity index (χ2n) is 6.10. The van der Waals surface area contributed by atoms with E-state index < -0.39 is 0 Å². The van der Waals surface area contributed by atoms with Gasteiger partial charge in [0.25, 0.3) is 0 Å². The predicted octanol–water partition coefficient (Wildman–Crippen LogP) is 6.65. The maximum atomic E-state index is 11.5. The predicted molar refractivity (Wildman–Crippen MR) is 89.9 cm³/mol. The normalized spacial score (nSPS) is 10.9. The van der Waals surface area contributed by atoms with Gasteiger partial charge >= 0.3 is 0 Å². The molecule has 119 valence electrons. The van der Waals surface area contributed by atoms with Gasteiger partial charge in [0, 0.05) is 12.8 Å². The van der Waals surface area contributed by atoms with Crippen molar-refractivity contribution >= 4 is 5.78 Å². The van der Waals surface area contributed by atoms with Crippen molar-refractivity contribution in [3.05, 3.63) is 6.42 Å². The first-order chi connectivity index (χ1) is 9.81. The number of ketones is 1. The molecule has 0 aromatic rings. The summed E-state index contributed by atoms with van der Waals surface area (Å²) in [4.78, 5) is 11.5. The Balaban J connectivity index is 3.07. The Morgan fingerprint density at radius 1 is 0.650 bits per heavy atom. The van der Waals surface area contributed by atoms with Crippen LogP contribution >= 0.6 is 0 Å². The minimum absolute atomic E-state index is 0.370. The summed E-state index contributed by atoms with van der Waals surface area (Å²) >= 11 is 0. The van der Waals surface area contributed by atoms with E-state index in [0.29, 0.717) is 5.78 Å². The fourth-order valence-electron chi connectivity index (χ4n) is 2.53. The molecule has 0 aromatic heterocycles. The lowest BCUT2D eigenvalue weighted by Crippen LogP contribution is -1.98. The molecule has 0 aliphatic heterocycles. The zero-order valence-electron chi connectivity index (χ0n) is 14.1. The van der Waals surface area contributed by atoms with Crippen molar-refractivity contribution < 1.29 is 4.79 Å². The number of Topliss-reactive ketones (excluding diaryl/α,β-unsaturated/α-hetero) is 1.